The lowest BCUT2D eigenvalue weighted by Crippen LogP contribution is -2.60. The largest absolute Gasteiger partial charge is 0.386 e. The zero-order valence-electron chi connectivity index (χ0n) is 40.2. The van der Waals surface area contributed by atoms with Crippen molar-refractivity contribution >= 4 is 41.4 Å². The summed E-state index contributed by atoms with van der Waals surface area (Å²) >= 11 is 0. The summed E-state index contributed by atoms with van der Waals surface area (Å²) in [5.41, 5.74) is 0.690. The minimum absolute atomic E-state index is 0.000469. The topological polar surface area (TPSA) is 204 Å². The van der Waals surface area contributed by atoms with Gasteiger partial charge in [0.2, 0.25) is 23.6 Å². The standard InChI is InChI=1S/C47H76N6O11/c1-13-30(6)42(35(62-11)27-38(56)52-26-17-21-34(52)44(63-12)31(7)45(59)48-32(8)43(58)33-19-15-14-16-20-33)51(10)41(29(4)5)47(61)49-46(60)40(28(2)3)50(9)25-18-22-39(57)64-53-36(54)23-24-37(53)55/h14-16,19-20,28-32,34-35,40-44,58H,13,17-18,21-27H2,1-12H3,(H,48,59)(H,49,60,61)/t30-,31+,32+,34-,35+,40-,41-,42-,43+,44+/m0/s1. The first kappa shape index (κ1) is 54.0. The number of aliphatic hydroxyl groups excluding tert-OH is 1. The molecule has 2 saturated heterocycles. The van der Waals surface area contributed by atoms with Crippen LogP contribution in [-0.2, 0) is 47.9 Å². The molecule has 0 aliphatic carbocycles. The number of carbonyl (C=O) groups is 7. The fourth-order valence-electron chi connectivity index (χ4n) is 9.41. The van der Waals surface area contributed by atoms with Crippen LogP contribution in [0.5, 0.6) is 0 Å². The van der Waals surface area contributed by atoms with Gasteiger partial charge >= 0.3 is 5.97 Å². The third-order valence-corrected chi connectivity index (χ3v) is 13.0. The summed E-state index contributed by atoms with van der Waals surface area (Å²) in [6.07, 6.45) is 0.128. The first-order valence-corrected chi connectivity index (χ1v) is 22.9. The predicted octanol–water partition coefficient (Wildman–Crippen LogP) is 3.63. The van der Waals surface area contributed by atoms with Gasteiger partial charge in [-0.3, -0.25) is 43.9 Å². The van der Waals surface area contributed by atoms with Crippen LogP contribution in [0.1, 0.15) is 118 Å². The molecule has 2 aliphatic rings. The molecule has 2 heterocycles. The van der Waals surface area contributed by atoms with Gasteiger partial charge in [-0.15, -0.1) is 5.06 Å². The zero-order chi connectivity index (χ0) is 48.0. The van der Waals surface area contributed by atoms with Gasteiger partial charge in [-0.1, -0.05) is 85.2 Å². The maximum absolute atomic E-state index is 14.4. The highest BCUT2D eigenvalue weighted by Crippen LogP contribution is 2.31. The molecule has 17 heteroatoms. The molecule has 2 aliphatic heterocycles. The van der Waals surface area contributed by atoms with E-state index in [-0.39, 0.29) is 67.7 Å². The van der Waals surface area contributed by atoms with Gasteiger partial charge in [0.1, 0.15) is 0 Å². The Morgan fingerprint density at radius 3 is 2.00 bits per heavy atom. The molecule has 0 spiro atoms. The Morgan fingerprint density at radius 2 is 1.45 bits per heavy atom. The molecule has 0 radical (unpaired) electrons. The fraction of sp³-hybridized carbons (Fsp3) is 0.723. The molecule has 17 nitrogen and oxygen atoms in total. The number of methoxy groups -OCH3 is 2. The van der Waals surface area contributed by atoms with Gasteiger partial charge in [-0.05, 0) is 70.1 Å². The van der Waals surface area contributed by atoms with Gasteiger partial charge in [-0.2, -0.15) is 0 Å². The molecule has 3 N–H and O–H groups in total. The number of aliphatic hydroxyl groups is 1. The first-order chi connectivity index (χ1) is 30.2. The van der Waals surface area contributed by atoms with Crippen LogP contribution in [0.4, 0.5) is 0 Å². The van der Waals surface area contributed by atoms with Gasteiger partial charge in [0.05, 0.1) is 54.8 Å². The first-order valence-electron chi connectivity index (χ1n) is 22.9. The molecule has 0 saturated carbocycles. The molecule has 2 fully saturated rings. The maximum Gasteiger partial charge on any atom is 0.333 e. The third kappa shape index (κ3) is 14.1. The minimum atomic E-state index is -0.905. The van der Waals surface area contributed by atoms with E-state index in [1.165, 1.54) is 7.11 Å². The lowest BCUT2D eigenvalue weighted by molar-refractivity contribution is -0.197. The number of hydroxylamine groups is 2. The fourth-order valence-corrected chi connectivity index (χ4v) is 9.41. The van der Waals surface area contributed by atoms with Crippen LogP contribution in [0.2, 0.25) is 0 Å². The van der Waals surface area contributed by atoms with Crippen molar-refractivity contribution in [3.8, 4) is 0 Å². The molecular weight excluding hydrogens is 825 g/mol. The highest BCUT2D eigenvalue weighted by Gasteiger charge is 2.44. The smallest absolute Gasteiger partial charge is 0.333 e. The van der Waals surface area contributed by atoms with E-state index in [0.29, 0.717) is 30.1 Å². The van der Waals surface area contributed by atoms with E-state index >= 15 is 0 Å². The number of likely N-dealkylation sites (tertiary alicyclic amines) is 1. The number of imide groups is 2. The average molecular weight is 901 g/mol. The average Bonchev–Trinajstić information content (AvgIpc) is 3.85. The van der Waals surface area contributed by atoms with E-state index in [4.69, 9.17) is 14.3 Å². The van der Waals surface area contributed by atoms with Crippen molar-refractivity contribution in [1.82, 2.24) is 30.4 Å². The summed E-state index contributed by atoms with van der Waals surface area (Å²) in [6, 6.07) is 6.26. The second kappa shape index (κ2) is 25.4. The Kier molecular flexibility index (Phi) is 21.5. The Morgan fingerprint density at radius 1 is 0.859 bits per heavy atom. The Hall–Kier alpha value is -4.29. The van der Waals surface area contributed by atoms with Gasteiger partial charge in [-0.25, -0.2) is 4.79 Å². The van der Waals surface area contributed by atoms with Crippen LogP contribution in [-0.4, -0.2) is 150 Å². The van der Waals surface area contributed by atoms with Crippen molar-refractivity contribution in [3.63, 3.8) is 0 Å². The molecule has 0 unspecified atom stereocenters. The number of carbonyl (C=O) groups excluding carboxylic acids is 7. The number of nitrogens with zero attached hydrogens (tertiary/aromatic N) is 4. The summed E-state index contributed by atoms with van der Waals surface area (Å²) in [5.74, 6) is -4.41. The normalized spacial score (nSPS) is 19.9. The summed E-state index contributed by atoms with van der Waals surface area (Å²) in [7, 11) is 6.65. The van der Waals surface area contributed by atoms with Gasteiger partial charge in [0, 0.05) is 46.1 Å². The highest BCUT2D eigenvalue weighted by atomic mass is 16.7. The van der Waals surface area contributed by atoms with Crippen LogP contribution in [0, 0.1) is 23.7 Å². The second-order valence-electron chi connectivity index (χ2n) is 18.3. The van der Waals surface area contributed by atoms with Crippen molar-refractivity contribution < 1.29 is 53.0 Å². The molecule has 64 heavy (non-hydrogen) atoms. The van der Waals surface area contributed by atoms with Crippen LogP contribution >= 0.6 is 0 Å². The van der Waals surface area contributed by atoms with Crippen molar-refractivity contribution in [1.29, 1.82) is 0 Å². The predicted molar refractivity (Wildman–Crippen MR) is 240 cm³/mol. The highest BCUT2D eigenvalue weighted by molar-refractivity contribution is 6.01. The monoisotopic (exact) mass is 901 g/mol. The summed E-state index contributed by atoms with van der Waals surface area (Å²) in [4.78, 5) is 103. The Labute approximate surface area is 380 Å². The summed E-state index contributed by atoms with van der Waals surface area (Å²) in [6.45, 7) is 15.9. The number of nitrogens with one attached hydrogen (secondary N) is 2. The van der Waals surface area contributed by atoms with E-state index in [9.17, 15) is 38.7 Å². The van der Waals surface area contributed by atoms with Crippen LogP contribution in [0.15, 0.2) is 30.3 Å². The van der Waals surface area contributed by atoms with E-state index < -0.39 is 78.0 Å². The number of hydrogen-bond acceptors (Lipinski definition) is 13. The maximum atomic E-state index is 14.4. The number of benzene rings is 1. The second-order valence-corrected chi connectivity index (χ2v) is 18.3. The zero-order valence-corrected chi connectivity index (χ0v) is 40.2. The van der Waals surface area contributed by atoms with E-state index in [0.717, 1.165) is 12.8 Å². The number of likely N-dealkylation sites (N-methyl/N-ethyl adjacent to an activating group) is 2. The third-order valence-electron chi connectivity index (χ3n) is 13.0. The van der Waals surface area contributed by atoms with Crippen LogP contribution < -0.4 is 10.6 Å². The number of hydrogen-bond donors (Lipinski definition) is 3. The molecule has 0 bridgehead atoms. The Balaban J connectivity index is 1.71. The minimum Gasteiger partial charge on any atom is -0.386 e. The number of ether oxygens (including phenoxy) is 2. The quantitative estimate of drug-likeness (QED) is 0.120. The van der Waals surface area contributed by atoms with Crippen molar-refractivity contribution in [3.05, 3.63) is 35.9 Å². The molecule has 1 aromatic rings. The lowest BCUT2D eigenvalue weighted by atomic mass is 9.87. The lowest BCUT2D eigenvalue weighted by Gasteiger charge is -2.43. The molecule has 3 rings (SSSR count). The van der Waals surface area contributed by atoms with Crippen molar-refractivity contribution in [2.24, 2.45) is 23.7 Å². The SMILES string of the molecule is CC[C@H](C)[C@@H]([C@@H](CC(=O)N1CCC[C@H]1[C@H](OC)[C@@H](C)C(=O)N[C@H](C)[C@@H](O)c1ccccc1)OC)N(C)[C@H](C(=O)NC(=O)[C@H](C(C)C)N(C)CCCC(=O)ON1C(=O)CCC1=O)C(C)C. The molecular formula is C47H76N6O11. The number of rotatable bonds is 25. The van der Waals surface area contributed by atoms with Crippen molar-refractivity contribution in [2.45, 2.75) is 155 Å². The molecule has 1 aromatic carbocycles. The van der Waals surface area contributed by atoms with Gasteiger partial charge < -0.3 is 29.6 Å². The van der Waals surface area contributed by atoms with Gasteiger partial charge in [0.25, 0.3) is 11.8 Å². The summed E-state index contributed by atoms with van der Waals surface area (Å²) in [5, 5.41) is 17.0. The number of amides is 6. The van der Waals surface area contributed by atoms with Crippen LogP contribution in [0.3, 0.4) is 0 Å². The van der Waals surface area contributed by atoms with Crippen LogP contribution in [0.25, 0.3) is 0 Å². The van der Waals surface area contributed by atoms with Gasteiger partial charge in [0.15, 0.2) is 0 Å². The van der Waals surface area contributed by atoms with E-state index in [1.54, 1.807) is 49.9 Å². The van der Waals surface area contributed by atoms with Crippen molar-refractivity contribution in [2.75, 3.05) is 41.4 Å². The van der Waals surface area contributed by atoms with E-state index in [2.05, 4.69) is 10.6 Å². The Bertz CT molecular complexity index is 1710. The molecule has 360 valence electrons. The molecule has 6 amide bonds. The molecule has 10 atom stereocenters. The van der Waals surface area contributed by atoms with E-state index in [1.807, 2.05) is 71.7 Å². The summed E-state index contributed by atoms with van der Waals surface area (Å²) < 4.78 is 12.1. The molecule has 0 aromatic heterocycles.